The van der Waals surface area contributed by atoms with Crippen molar-refractivity contribution in [3.05, 3.63) is 58.1 Å². The number of hydrogen-bond donors (Lipinski definition) is 3. The van der Waals surface area contributed by atoms with Gasteiger partial charge < -0.3 is 21.3 Å². The van der Waals surface area contributed by atoms with Gasteiger partial charge >= 0.3 is 6.18 Å². The highest BCUT2D eigenvalue weighted by Gasteiger charge is 2.29. The lowest BCUT2D eigenvalue weighted by atomic mass is 10.1. The molecule has 4 rings (SSSR count). The predicted molar refractivity (Wildman–Crippen MR) is 146 cm³/mol. The van der Waals surface area contributed by atoms with E-state index in [1.54, 1.807) is 11.0 Å². The summed E-state index contributed by atoms with van der Waals surface area (Å²) in [5.74, 6) is -3.84. The largest absolute Gasteiger partial charge is 0.390 e. The average molecular weight is 603 g/mol. The Morgan fingerprint density at radius 2 is 1.73 bits per heavy atom. The zero-order valence-corrected chi connectivity index (χ0v) is 23.0. The summed E-state index contributed by atoms with van der Waals surface area (Å²) in [7, 11) is 0. The molecule has 14 heteroatoms. The molecule has 1 unspecified atom stereocenters. The lowest BCUT2D eigenvalue weighted by Gasteiger charge is -2.37. The van der Waals surface area contributed by atoms with Crippen molar-refractivity contribution >= 4 is 34.8 Å². The number of piperazine rings is 1. The number of hydrogen-bond acceptors (Lipinski definition) is 6. The Morgan fingerprint density at radius 3 is 2.39 bits per heavy atom. The predicted octanol–water partition coefficient (Wildman–Crippen LogP) is 3.59. The summed E-state index contributed by atoms with van der Waals surface area (Å²) in [5, 5.41) is 5.52. The van der Waals surface area contributed by atoms with Crippen LogP contribution in [0.15, 0.2) is 30.3 Å². The molecular weight excluding hydrogens is 571 g/mol. The smallest absolute Gasteiger partial charge is 0.367 e. The Hall–Kier alpha value is -3.00. The highest BCUT2D eigenvalue weighted by Crippen LogP contribution is 2.31. The summed E-state index contributed by atoms with van der Waals surface area (Å²) >= 11 is 6.16. The van der Waals surface area contributed by atoms with Crippen molar-refractivity contribution in [3.8, 4) is 0 Å². The van der Waals surface area contributed by atoms with E-state index in [4.69, 9.17) is 17.3 Å². The number of nitrogens with zero attached hydrogens (tertiary/aromatic N) is 3. The van der Waals surface area contributed by atoms with Gasteiger partial charge in [0.1, 0.15) is 0 Å². The normalized spacial score (nSPS) is 18.5. The van der Waals surface area contributed by atoms with E-state index >= 15 is 0 Å². The molecule has 2 amide bonds. The first-order valence-electron chi connectivity index (χ1n) is 13.3. The van der Waals surface area contributed by atoms with Crippen LogP contribution in [0.4, 0.5) is 33.3 Å². The number of alkyl halides is 3. The topological polar surface area (TPSA) is 93.9 Å². The Morgan fingerprint density at radius 1 is 1.00 bits per heavy atom. The van der Waals surface area contributed by atoms with Crippen molar-refractivity contribution in [1.82, 2.24) is 15.1 Å². The van der Waals surface area contributed by atoms with Crippen molar-refractivity contribution in [3.63, 3.8) is 0 Å². The molecule has 0 spiro atoms. The van der Waals surface area contributed by atoms with E-state index in [-0.39, 0.29) is 37.1 Å². The minimum absolute atomic E-state index is 0.0128. The van der Waals surface area contributed by atoms with Gasteiger partial charge in [-0.1, -0.05) is 17.7 Å². The van der Waals surface area contributed by atoms with Crippen LogP contribution in [-0.4, -0.2) is 86.2 Å². The Labute approximate surface area is 239 Å². The third-order valence-electron chi connectivity index (χ3n) is 7.19. The number of likely N-dealkylation sites (tertiary alicyclic amines) is 1. The van der Waals surface area contributed by atoms with Crippen molar-refractivity contribution in [1.29, 1.82) is 0 Å². The summed E-state index contributed by atoms with van der Waals surface area (Å²) in [5.41, 5.74) is 6.00. The first-order chi connectivity index (χ1) is 19.4. The van der Waals surface area contributed by atoms with Crippen molar-refractivity contribution in [2.75, 3.05) is 62.6 Å². The van der Waals surface area contributed by atoms with E-state index in [1.807, 2.05) is 9.80 Å². The second kappa shape index (κ2) is 13.3. The quantitative estimate of drug-likeness (QED) is 0.380. The van der Waals surface area contributed by atoms with Crippen LogP contribution in [0.1, 0.15) is 28.8 Å². The van der Waals surface area contributed by atoms with Gasteiger partial charge in [0, 0.05) is 69.0 Å². The number of halogens is 6. The number of benzene rings is 2. The number of anilines is 2. The number of nitrogens with one attached hydrogen (secondary N) is 2. The summed E-state index contributed by atoms with van der Waals surface area (Å²) in [6.45, 7) is 2.55. The maximum atomic E-state index is 14.9. The summed E-state index contributed by atoms with van der Waals surface area (Å²) in [4.78, 5) is 30.6. The molecule has 8 nitrogen and oxygen atoms in total. The van der Waals surface area contributed by atoms with Gasteiger partial charge in [-0.05, 0) is 30.7 Å². The second-order valence-electron chi connectivity index (χ2n) is 10.3. The maximum absolute atomic E-state index is 14.9. The summed E-state index contributed by atoms with van der Waals surface area (Å²) in [6, 6.07) is 7.04. The van der Waals surface area contributed by atoms with Crippen LogP contribution in [0.2, 0.25) is 5.02 Å². The van der Waals surface area contributed by atoms with Gasteiger partial charge in [0.2, 0.25) is 5.91 Å². The first-order valence-corrected chi connectivity index (χ1v) is 13.6. The fourth-order valence-electron chi connectivity index (χ4n) is 4.92. The average Bonchev–Trinajstić information content (AvgIpc) is 3.33. The van der Waals surface area contributed by atoms with Gasteiger partial charge in [0.25, 0.3) is 5.91 Å². The van der Waals surface area contributed by atoms with Crippen molar-refractivity contribution in [2.24, 2.45) is 5.73 Å². The molecule has 224 valence electrons. The van der Waals surface area contributed by atoms with E-state index < -0.39 is 35.7 Å². The zero-order chi connectivity index (χ0) is 29.7. The van der Waals surface area contributed by atoms with E-state index in [1.165, 1.54) is 18.2 Å². The van der Waals surface area contributed by atoms with Gasteiger partial charge in [-0.15, -0.1) is 0 Å². The molecule has 2 fully saturated rings. The third kappa shape index (κ3) is 8.51. The van der Waals surface area contributed by atoms with Crippen LogP contribution < -0.4 is 21.3 Å². The van der Waals surface area contributed by atoms with Crippen LogP contribution in [0.25, 0.3) is 0 Å². The van der Waals surface area contributed by atoms with Crippen molar-refractivity contribution in [2.45, 2.75) is 31.6 Å². The Kier molecular flexibility index (Phi) is 10.1. The van der Waals surface area contributed by atoms with Crippen LogP contribution in [-0.2, 0) is 11.3 Å². The number of rotatable bonds is 9. The SMILES string of the molecule is NC1CCN(CC(=O)NCc2ccc(C(=O)Nc3ccc(Cl)cc3N3CCN(CCC(F)(F)F)CC3)c(F)c2F)C1. The molecule has 2 aromatic rings. The molecule has 2 aromatic carbocycles. The fourth-order valence-corrected chi connectivity index (χ4v) is 5.09. The molecule has 0 radical (unpaired) electrons. The molecule has 2 heterocycles. The minimum atomic E-state index is -4.23. The first kappa shape index (κ1) is 30.9. The van der Waals surface area contributed by atoms with Crippen molar-refractivity contribution < 1.29 is 31.5 Å². The monoisotopic (exact) mass is 602 g/mol. The number of carbonyl (C=O) groups is 2. The van der Waals surface area contributed by atoms with Crippen LogP contribution >= 0.6 is 11.6 Å². The van der Waals surface area contributed by atoms with Gasteiger partial charge in [-0.25, -0.2) is 8.78 Å². The molecule has 0 aromatic heterocycles. The Bertz CT molecular complexity index is 1260. The molecule has 2 aliphatic heterocycles. The maximum Gasteiger partial charge on any atom is 0.390 e. The Balaban J connectivity index is 1.38. The molecule has 0 bridgehead atoms. The molecule has 2 saturated heterocycles. The van der Waals surface area contributed by atoms with Crippen LogP contribution in [0, 0.1) is 11.6 Å². The van der Waals surface area contributed by atoms with E-state index in [2.05, 4.69) is 10.6 Å². The number of carbonyl (C=O) groups excluding carboxylic acids is 2. The van der Waals surface area contributed by atoms with Gasteiger partial charge in [0.15, 0.2) is 11.6 Å². The van der Waals surface area contributed by atoms with E-state index in [9.17, 15) is 31.5 Å². The molecule has 1 atom stereocenters. The van der Waals surface area contributed by atoms with E-state index in [0.717, 1.165) is 12.5 Å². The molecule has 4 N–H and O–H groups in total. The highest BCUT2D eigenvalue weighted by molar-refractivity contribution is 6.31. The summed E-state index contributed by atoms with van der Waals surface area (Å²) in [6.07, 6.45) is -4.34. The lowest BCUT2D eigenvalue weighted by Crippen LogP contribution is -2.47. The lowest BCUT2D eigenvalue weighted by molar-refractivity contribution is -0.138. The fraction of sp³-hybridized carbons (Fsp3) is 0.481. The highest BCUT2D eigenvalue weighted by atomic mass is 35.5. The van der Waals surface area contributed by atoms with E-state index in [0.29, 0.717) is 55.7 Å². The minimum Gasteiger partial charge on any atom is -0.367 e. The van der Waals surface area contributed by atoms with Gasteiger partial charge in [0.05, 0.1) is 29.9 Å². The third-order valence-corrected chi connectivity index (χ3v) is 7.43. The molecule has 2 aliphatic rings. The van der Waals surface area contributed by atoms with Gasteiger partial charge in [-0.3, -0.25) is 19.4 Å². The zero-order valence-electron chi connectivity index (χ0n) is 22.2. The number of nitrogens with two attached hydrogens (primary N) is 1. The second-order valence-corrected chi connectivity index (χ2v) is 10.7. The standard InChI is InChI=1S/C27H32ClF5N6O2/c28-18-2-4-21(22(13-18)39-11-9-37(10-12-39)8-6-27(31,32)33)36-26(41)20-3-1-17(24(29)25(20)30)14-35-23(40)16-38-7-5-19(34)15-38/h1-4,13,19H,5-12,14-16,34H2,(H,35,40)(H,36,41). The van der Waals surface area contributed by atoms with Crippen LogP contribution in [0.5, 0.6) is 0 Å². The summed E-state index contributed by atoms with van der Waals surface area (Å²) < 4.78 is 67.5. The molecule has 41 heavy (non-hydrogen) atoms. The molecule has 0 saturated carbocycles. The van der Waals surface area contributed by atoms with Crippen LogP contribution in [0.3, 0.4) is 0 Å². The van der Waals surface area contributed by atoms with Gasteiger partial charge in [-0.2, -0.15) is 13.2 Å². The molecular formula is C27H32ClF5N6O2. The number of amides is 2. The molecule has 0 aliphatic carbocycles.